The molecule has 4 aromatic rings. The Kier molecular flexibility index (Phi) is 8.72. The molecular weight excluding hydrogens is 561 g/mol. The molecule has 1 aromatic carbocycles. The van der Waals surface area contributed by atoms with Crippen LogP contribution in [-0.2, 0) is 6.42 Å². The Morgan fingerprint density at radius 3 is 2.45 bits per heavy atom. The van der Waals surface area contributed by atoms with E-state index in [-0.39, 0.29) is 22.7 Å². The van der Waals surface area contributed by atoms with Crippen molar-refractivity contribution < 1.29 is 18.0 Å². The highest BCUT2D eigenvalue weighted by molar-refractivity contribution is 7.13. The Morgan fingerprint density at radius 2 is 1.81 bits per heavy atom. The van der Waals surface area contributed by atoms with Gasteiger partial charge in [-0.05, 0) is 51.7 Å². The summed E-state index contributed by atoms with van der Waals surface area (Å²) in [5.41, 5.74) is 3.08. The zero-order chi connectivity index (χ0) is 30.0. The second kappa shape index (κ2) is 12.4. The lowest BCUT2D eigenvalue weighted by Crippen LogP contribution is -2.37. The average Bonchev–Trinajstić information content (AvgIpc) is 3.47. The number of carbonyl (C=O) groups is 1. The summed E-state index contributed by atoms with van der Waals surface area (Å²) in [5, 5.41) is 2.11. The number of hydrogen-bond donors (Lipinski definition) is 0. The molecule has 42 heavy (non-hydrogen) atoms. The number of alkyl halides is 2. The number of likely N-dealkylation sites (tertiary alicyclic amines) is 1. The number of aryl methyl sites for hydroxylation is 1. The number of hydrogen-bond acceptors (Lipinski definition) is 5. The largest absolute Gasteiger partial charge is 0.339 e. The van der Waals surface area contributed by atoms with Crippen LogP contribution in [0.25, 0.3) is 33.6 Å². The molecule has 1 fully saturated rings. The first kappa shape index (κ1) is 29.4. The highest BCUT2D eigenvalue weighted by Gasteiger charge is 2.27. The average molecular weight is 593 g/mol. The molecule has 218 valence electrons. The van der Waals surface area contributed by atoms with Gasteiger partial charge in [-0.3, -0.25) is 19.1 Å². The van der Waals surface area contributed by atoms with Crippen molar-refractivity contribution in [2.24, 2.45) is 0 Å². The van der Waals surface area contributed by atoms with Gasteiger partial charge in [-0.2, -0.15) is 0 Å². The molecule has 0 saturated carbocycles. The van der Waals surface area contributed by atoms with Gasteiger partial charge >= 0.3 is 0 Å². The number of pyridine rings is 2. The minimum atomic E-state index is -2.58. The molecule has 0 unspecified atom stereocenters. The topological polar surface area (TPSA) is 68.1 Å². The van der Waals surface area contributed by atoms with Gasteiger partial charge in [-0.15, -0.1) is 11.3 Å². The summed E-state index contributed by atoms with van der Waals surface area (Å²) in [6.45, 7) is 6.83. The molecule has 0 N–H and O–H groups in total. The summed E-state index contributed by atoms with van der Waals surface area (Å²) < 4.78 is 42.1. The molecule has 6 nitrogen and oxygen atoms in total. The minimum absolute atomic E-state index is 0.0942. The molecule has 0 spiro atoms. The SMILES string of the molecule is CCc1ncc(F)cc1-n1c(C=C(C)C)c(C(=O)N2CCCCC2)cc(-c2nc(-c3ccc(C(F)F)cc3)cs2)c1=O. The van der Waals surface area contributed by atoms with Crippen molar-refractivity contribution in [2.75, 3.05) is 13.1 Å². The van der Waals surface area contributed by atoms with E-state index in [1.54, 1.807) is 34.6 Å². The second-order valence-corrected chi connectivity index (χ2v) is 11.4. The fourth-order valence-corrected chi connectivity index (χ4v) is 5.97. The maximum absolute atomic E-state index is 14.6. The Hall–Kier alpha value is -4.05. The van der Waals surface area contributed by atoms with E-state index in [1.807, 2.05) is 20.8 Å². The number of thiazole rings is 1. The van der Waals surface area contributed by atoms with E-state index < -0.39 is 17.8 Å². The van der Waals surface area contributed by atoms with Crippen LogP contribution in [0.3, 0.4) is 0 Å². The normalized spacial score (nSPS) is 13.5. The van der Waals surface area contributed by atoms with Crippen LogP contribution >= 0.6 is 11.3 Å². The predicted molar refractivity (Wildman–Crippen MR) is 160 cm³/mol. The van der Waals surface area contributed by atoms with Crippen molar-refractivity contribution in [2.45, 2.75) is 52.9 Å². The van der Waals surface area contributed by atoms with Crippen LogP contribution < -0.4 is 5.56 Å². The molecule has 10 heteroatoms. The van der Waals surface area contributed by atoms with Crippen LogP contribution in [0, 0.1) is 5.82 Å². The third-order valence-electron chi connectivity index (χ3n) is 7.22. The van der Waals surface area contributed by atoms with Crippen LogP contribution in [0.2, 0.25) is 0 Å². The fraction of sp³-hybridized carbons (Fsp3) is 0.312. The van der Waals surface area contributed by atoms with Gasteiger partial charge in [0.05, 0.1) is 40.1 Å². The number of carbonyl (C=O) groups excluding carboxylic acids is 1. The quantitative estimate of drug-likeness (QED) is 0.220. The highest BCUT2D eigenvalue weighted by Crippen LogP contribution is 2.32. The van der Waals surface area contributed by atoms with Crippen molar-refractivity contribution in [3.8, 4) is 27.5 Å². The summed E-state index contributed by atoms with van der Waals surface area (Å²) in [6.07, 6.45) is 3.57. The third-order valence-corrected chi connectivity index (χ3v) is 8.10. The van der Waals surface area contributed by atoms with Crippen molar-refractivity contribution >= 4 is 23.3 Å². The number of halogens is 3. The molecule has 0 bridgehead atoms. The van der Waals surface area contributed by atoms with Gasteiger partial charge in [0.15, 0.2) is 0 Å². The molecule has 0 radical (unpaired) electrons. The molecule has 5 rings (SSSR count). The van der Waals surface area contributed by atoms with Gasteiger partial charge in [-0.1, -0.05) is 36.8 Å². The van der Waals surface area contributed by atoms with Crippen molar-refractivity contribution in [1.29, 1.82) is 0 Å². The minimum Gasteiger partial charge on any atom is -0.339 e. The van der Waals surface area contributed by atoms with Gasteiger partial charge in [0, 0.05) is 35.7 Å². The number of nitrogens with zero attached hydrogens (tertiary/aromatic N) is 4. The number of rotatable bonds is 7. The van der Waals surface area contributed by atoms with E-state index in [9.17, 15) is 22.8 Å². The Bertz CT molecular complexity index is 1700. The van der Waals surface area contributed by atoms with Gasteiger partial charge < -0.3 is 4.90 Å². The summed E-state index contributed by atoms with van der Waals surface area (Å²) in [7, 11) is 0. The lowest BCUT2D eigenvalue weighted by molar-refractivity contribution is 0.0723. The maximum atomic E-state index is 14.6. The second-order valence-electron chi connectivity index (χ2n) is 10.5. The first-order valence-corrected chi connectivity index (χ1v) is 14.8. The van der Waals surface area contributed by atoms with Crippen molar-refractivity contribution in [3.05, 3.63) is 92.2 Å². The van der Waals surface area contributed by atoms with E-state index in [0.29, 0.717) is 52.7 Å². The van der Waals surface area contributed by atoms with Crippen LogP contribution in [0.4, 0.5) is 13.2 Å². The summed E-state index contributed by atoms with van der Waals surface area (Å²) in [5.74, 6) is -0.811. The molecule has 1 amide bonds. The van der Waals surface area contributed by atoms with E-state index >= 15 is 0 Å². The molecule has 3 aromatic heterocycles. The Labute approximate surface area is 246 Å². The molecule has 1 aliphatic rings. The van der Waals surface area contributed by atoms with Crippen molar-refractivity contribution in [1.82, 2.24) is 19.4 Å². The zero-order valence-electron chi connectivity index (χ0n) is 23.7. The van der Waals surface area contributed by atoms with E-state index in [0.717, 1.165) is 31.0 Å². The standard InChI is InChI=1S/C32H31F3N4O2S/c1-4-25-28(15-22(33)17-36-25)39-27(14-19(2)3)23(31(40)38-12-6-5-7-13-38)16-24(32(39)41)30-37-26(18-42-30)20-8-10-21(11-9-20)29(34)35/h8-11,14-18,29H,4-7,12-13H2,1-3H3. The number of benzene rings is 1. The fourth-order valence-electron chi connectivity index (χ4n) is 5.13. The lowest BCUT2D eigenvalue weighted by Gasteiger charge is -2.28. The number of aromatic nitrogens is 3. The molecule has 0 aliphatic carbocycles. The monoisotopic (exact) mass is 592 g/mol. The Morgan fingerprint density at radius 1 is 1.10 bits per heavy atom. The van der Waals surface area contributed by atoms with Gasteiger partial charge in [0.25, 0.3) is 17.9 Å². The molecule has 1 aliphatic heterocycles. The molecule has 4 heterocycles. The number of amides is 1. The molecular formula is C32H31F3N4O2S. The smallest absolute Gasteiger partial charge is 0.265 e. The summed E-state index contributed by atoms with van der Waals surface area (Å²) in [6, 6.07) is 8.68. The van der Waals surface area contributed by atoms with Gasteiger partial charge in [-0.25, -0.2) is 18.2 Å². The first-order chi connectivity index (χ1) is 20.2. The first-order valence-electron chi connectivity index (χ1n) is 13.9. The van der Waals surface area contributed by atoms with Gasteiger partial charge in [0.2, 0.25) is 0 Å². The molecule has 0 atom stereocenters. The van der Waals surface area contributed by atoms with Crippen LogP contribution in [0.5, 0.6) is 0 Å². The van der Waals surface area contributed by atoms with Crippen molar-refractivity contribution in [3.63, 3.8) is 0 Å². The maximum Gasteiger partial charge on any atom is 0.265 e. The summed E-state index contributed by atoms with van der Waals surface area (Å²) >= 11 is 1.21. The van der Waals surface area contributed by atoms with Crippen LogP contribution in [0.1, 0.15) is 73.8 Å². The van der Waals surface area contributed by atoms with Crippen LogP contribution in [-0.4, -0.2) is 38.4 Å². The Balaban J connectivity index is 1.76. The predicted octanol–water partition coefficient (Wildman–Crippen LogP) is 7.71. The van der Waals surface area contributed by atoms with Crippen LogP contribution in [0.15, 0.2) is 58.3 Å². The molecule has 1 saturated heterocycles. The van der Waals surface area contributed by atoms with Gasteiger partial charge in [0.1, 0.15) is 10.8 Å². The lowest BCUT2D eigenvalue weighted by atomic mass is 10.0. The highest BCUT2D eigenvalue weighted by atomic mass is 32.1. The summed E-state index contributed by atoms with van der Waals surface area (Å²) in [4.78, 5) is 39.1. The van der Waals surface area contributed by atoms with E-state index in [2.05, 4.69) is 9.97 Å². The van der Waals surface area contributed by atoms with E-state index in [4.69, 9.17) is 0 Å². The number of allylic oxidation sites excluding steroid dienone is 1. The third kappa shape index (κ3) is 5.94. The number of piperidine rings is 1. The van der Waals surface area contributed by atoms with E-state index in [1.165, 1.54) is 34.1 Å². The zero-order valence-corrected chi connectivity index (χ0v) is 24.5.